The summed E-state index contributed by atoms with van der Waals surface area (Å²) in [5.74, 6) is 0. The monoisotopic (exact) mass is 236 g/mol. The van der Waals surface area contributed by atoms with Gasteiger partial charge in [0.05, 0.1) is 5.52 Å². The first-order valence-electron chi connectivity index (χ1n) is 6.68. The van der Waals surface area contributed by atoms with Gasteiger partial charge < -0.3 is 0 Å². The van der Waals surface area contributed by atoms with Crippen LogP contribution in [0.25, 0.3) is 16.5 Å². The molecule has 0 unspecified atom stereocenters. The Balaban J connectivity index is 1.85. The van der Waals surface area contributed by atoms with E-state index in [1.54, 1.807) is 5.57 Å². The quantitative estimate of drug-likeness (QED) is 0.756. The molecule has 1 aromatic heterocycles. The van der Waals surface area contributed by atoms with E-state index in [-0.39, 0.29) is 0 Å². The molecule has 1 saturated heterocycles. The standard InChI is InChI=1S/C16H16N2/c1-2-4-16-13(3-1)9-14(10-17-16)15-11-18-7-5-12(15)6-8-18/h1-4,9-10H,5-8,11H2. The fourth-order valence-electron chi connectivity index (χ4n) is 3.15. The van der Waals surface area contributed by atoms with Crippen molar-refractivity contribution in [2.45, 2.75) is 12.8 Å². The van der Waals surface area contributed by atoms with Crippen LogP contribution in [-0.4, -0.2) is 29.5 Å². The van der Waals surface area contributed by atoms with Crippen molar-refractivity contribution < 1.29 is 0 Å². The average Bonchev–Trinajstić information content (AvgIpc) is 2.48. The molecule has 3 aliphatic rings. The lowest BCUT2D eigenvalue weighted by Crippen LogP contribution is -2.37. The molecule has 0 saturated carbocycles. The highest BCUT2D eigenvalue weighted by Crippen LogP contribution is 2.33. The molecule has 0 aliphatic carbocycles. The predicted molar refractivity (Wildman–Crippen MR) is 74.3 cm³/mol. The fourth-order valence-corrected chi connectivity index (χ4v) is 3.15. The molecule has 2 aromatic rings. The minimum absolute atomic E-state index is 1.09. The fraction of sp³-hybridized carbons (Fsp3) is 0.312. The molecule has 1 fully saturated rings. The highest BCUT2D eigenvalue weighted by Gasteiger charge is 2.25. The van der Waals surface area contributed by atoms with Gasteiger partial charge in [-0.3, -0.25) is 9.88 Å². The maximum Gasteiger partial charge on any atom is 0.0702 e. The van der Waals surface area contributed by atoms with Gasteiger partial charge in [0.2, 0.25) is 0 Å². The molecule has 2 nitrogen and oxygen atoms in total. The molecule has 0 amide bonds. The van der Waals surface area contributed by atoms with E-state index in [1.165, 1.54) is 42.5 Å². The first-order valence-corrected chi connectivity index (χ1v) is 6.68. The number of fused-ring (bicyclic) bond motifs is 4. The third kappa shape index (κ3) is 1.57. The summed E-state index contributed by atoms with van der Waals surface area (Å²) >= 11 is 0. The summed E-state index contributed by atoms with van der Waals surface area (Å²) in [5.41, 5.74) is 5.61. The van der Waals surface area contributed by atoms with Crippen molar-refractivity contribution in [3.05, 3.63) is 47.7 Å². The van der Waals surface area contributed by atoms with E-state index in [9.17, 15) is 0 Å². The van der Waals surface area contributed by atoms with Crippen LogP contribution in [0.2, 0.25) is 0 Å². The summed E-state index contributed by atoms with van der Waals surface area (Å²) in [6.07, 6.45) is 4.55. The van der Waals surface area contributed by atoms with Gasteiger partial charge in [-0.15, -0.1) is 0 Å². The molecule has 2 heteroatoms. The van der Waals surface area contributed by atoms with Crippen molar-refractivity contribution in [2.24, 2.45) is 0 Å². The minimum Gasteiger partial charge on any atom is -0.298 e. The molecule has 4 heterocycles. The predicted octanol–water partition coefficient (Wildman–Crippen LogP) is 3.10. The van der Waals surface area contributed by atoms with Crippen LogP contribution in [0.4, 0.5) is 0 Å². The van der Waals surface area contributed by atoms with E-state index in [4.69, 9.17) is 0 Å². The zero-order chi connectivity index (χ0) is 11.9. The van der Waals surface area contributed by atoms with E-state index < -0.39 is 0 Å². The molecule has 90 valence electrons. The van der Waals surface area contributed by atoms with Crippen LogP contribution in [0.5, 0.6) is 0 Å². The highest BCUT2D eigenvalue weighted by molar-refractivity contribution is 5.83. The van der Waals surface area contributed by atoms with E-state index in [0.717, 1.165) is 12.1 Å². The zero-order valence-electron chi connectivity index (χ0n) is 10.4. The molecule has 5 rings (SSSR count). The summed E-state index contributed by atoms with van der Waals surface area (Å²) < 4.78 is 0. The summed E-state index contributed by atoms with van der Waals surface area (Å²) in [6, 6.07) is 10.7. The second kappa shape index (κ2) is 3.92. The Bertz CT molecular complexity index is 632. The number of nitrogens with zero attached hydrogens (tertiary/aromatic N) is 2. The van der Waals surface area contributed by atoms with Crippen molar-refractivity contribution in [1.29, 1.82) is 0 Å². The minimum atomic E-state index is 1.09. The normalized spacial score (nSPS) is 19.8. The molecule has 18 heavy (non-hydrogen) atoms. The van der Waals surface area contributed by atoms with Crippen molar-refractivity contribution in [3.8, 4) is 0 Å². The smallest absolute Gasteiger partial charge is 0.0702 e. The third-order valence-corrected chi connectivity index (χ3v) is 4.21. The number of piperidine rings is 1. The summed E-state index contributed by atoms with van der Waals surface area (Å²) in [7, 11) is 0. The van der Waals surface area contributed by atoms with Gasteiger partial charge in [0, 0.05) is 31.2 Å². The first kappa shape index (κ1) is 10.3. The van der Waals surface area contributed by atoms with E-state index in [1.807, 2.05) is 12.3 Å². The molecule has 3 aliphatic heterocycles. The van der Waals surface area contributed by atoms with Crippen molar-refractivity contribution >= 4 is 16.5 Å². The van der Waals surface area contributed by atoms with E-state index in [0.29, 0.717) is 0 Å². The largest absolute Gasteiger partial charge is 0.298 e. The second-order valence-electron chi connectivity index (χ2n) is 5.27. The summed E-state index contributed by atoms with van der Waals surface area (Å²) in [6.45, 7) is 3.62. The number of pyridine rings is 1. The Morgan fingerprint density at radius 1 is 1.06 bits per heavy atom. The van der Waals surface area contributed by atoms with Gasteiger partial charge in [-0.05, 0) is 36.1 Å². The molecular weight excluding hydrogens is 220 g/mol. The van der Waals surface area contributed by atoms with Gasteiger partial charge in [-0.2, -0.15) is 0 Å². The van der Waals surface area contributed by atoms with Gasteiger partial charge in [-0.1, -0.05) is 23.8 Å². The second-order valence-corrected chi connectivity index (χ2v) is 5.27. The lowest BCUT2D eigenvalue weighted by Gasteiger charge is -2.37. The Hall–Kier alpha value is -1.67. The molecule has 0 atom stereocenters. The van der Waals surface area contributed by atoms with E-state index >= 15 is 0 Å². The van der Waals surface area contributed by atoms with Crippen LogP contribution >= 0.6 is 0 Å². The number of hydrogen-bond acceptors (Lipinski definition) is 2. The van der Waals surface area contributed by atoms with Crippen LogP contribution in [0.3, 0.4) is 0 Å². The maximum atomic E-state index is 4.59. The molecule has 2 bridgehead atoms. The Morgan fingerprint density at radius 3 is 2.67 bits per heavy atom. The molecule has 1 aromatic carbocycles. The van der Waals surface area contributed by atoms with Crippen LogP contribution < -0.4 is 0 Å². The number of aromatic nitrogens is 1. The van der Waals surface area contributed by atoms with Gasteiger partial charge in [-0.25, -0.2) is 0 Å². The molecule has 0 spiro atoms. The molecular formula is C16H16N2. The Morgan fingerprint density at radius 2 is 1.89 bits per heavy atom. The topological polar surface area (TPSA) is 16.1 Å². The number of benzene rings is 1. The van der Waals surface area contributed by atoms with Crippen molar-refractivity contribution in [3.63, 3.8) is 0 Å². The first-order chi connectivity index (χ1) is 8.90. The zero-order valence-corrected chi connectivity index (χ0v) is 10.4. The lowest BCUT2D eigenvalue weighted by molar-refractivity contribution is 0.269. The van der Waals surface area contributed by atoms with Crippen molar-refractivity contribution in [1.82, 2.24) is 9.88 Å². The van der Waals surface area contributed by atoms with Crippen LogP contribution in [-0.2, 0) is 0 Å². The lowest BCUT2D eigenvalue weighted by atomic mass is 9.88. The highest BCUT2D eigenvalue weighted by atomic mass is 15.1. The number of para-hydroxylation sites is 1. The Kier molecular flexibility index (Phi) is 2.24. The molecule has 0 radical (unpaired) electrons. The third-order valence-electron chi connectivity index (χ3n) is 4.21. The maximum absolute atomic E-state index is 4.59. The van der Waals surface area contributed by atoms with Gasteiger partial charge >= 0.3 is 0 Å². The molecule has 0 N–H and O–H groups in total. The number of hydrogen-bond donors (Lipinski definition) is 0. The van der Waals surface area contributed by atoms with Gasteiger partial charge in [0.15, 0.2) is 0 Å². The van der Waals surface area contributed by atoms with Crippen LogP contribution in [0.15, 0.2) is 42.1 Å². The van der Waals surface area contributed by atoms with Crippen LogP contribution in [0, 0.1) is 0 Å². The van der Waals surface area contributed by atoms with Crippen LogP contribution in [0.1, 0.15) is 18.4 Å². The Labute approximate surface area is 107 Å². The van der Waals surface area contributed by atoms with Crippen molar-refractivity contribution in [2.75, 3.05) is 19.6 Å². The average molecular weight is 236 g/mol. The summed E-state index contributed by atoms with van der Waals surface area (Å²) in [5, 5.41) is 1.25. The number of rotatable bonds is 1. The summed E-state index contributed by atoms with van der Waals surface area (Å²) in [4.78, 5) is 7.14. The van der Waals surface area contributed by atoms with E-state index in [2.05, 4.69) is 34.1 Å². The van der Waals surface area contributed by atoms with Gasteiger partial charge in [0.25, 0.3) is 0 Å². The van der Waals surface area contributed by atoms with Gasteiger partial charge in [0.1, 0.15) is 0 Å². The SMILES string of the molecule is c1ccc2ncc(C3=C4CCN(CC4)C3)cc2c1.